The lowest BCUT2D eigenvalue weighted by atomic mass is 9.74. The Morgan fingerprint density at radius 3 is 2.17 bits per heavy atom. The van der Waals surface area contributed by atoms with Gasteiger partial charge in [0.2, 0.25) is 0 Å². The van der Waals surface area contributed by atoms with E-state index < -0.39 is 0 Å². The van der Waals surface area contributed by atoms with Crippen molar-refractivity contribution in [2.75, 3.05) is 6.54 Å². The van der Waals surface area contributed by atoms with Crippen molar-refractivity contribution in [2.24, 2.45) is 5.41 Å². The smallest absolute Gasteiger partial charge is 0.00956 e. The lowest BCUT2D eigenvalue weighted by Crippen LogP contribution is -2.33. The summed E-state index contributed by atoms with van der Waals surface area (Å²) >= 11 is 0. The van der Waals surface area contributed by atoms with E-state index in [2.05, 4.69) is 26.1 Å². The van der Waals surface area contributed by atoms with E-state index >= 15 is 0 Å². The molecule has 1 heteroatoms. The number of hydrogen-bond donors (Lipinski definition) is 1. The monoisotopic (exact) mass is 169 g/mol. The summed E-state index contributed by atoms with van der Waals surface area (Å²) in [6, 6.07) is 0.748. The van der Waals surface area contributed by atoms with Crippen LogP contribution in [0.15, 0.2) is 0 Å². The van der Waals surface area contributed by atoms with E-state index in [-0.39, 0.29) is 0 Å². The van der Waals surface area contributed by atoms with Crippen LogP contribution in [-0.2, 0) is 0 Å². The second-order valence-electron chi connectivity index (χ2n) is 4.29. The van der Waals surface area contributed by atoms with Gasteiger partial charge in [-0.2, -0.15) is 0 Å². The summed E-state index contributed by atoms with van der Waals surface area (Å²) in [5.74, 6) is 0. The minimum absolute atomic E-state index is 0.642. The molecule has 0 aromatic carbocycles. The number of nitrogens with one attached hydrogen (secondary N) is 1. The summed E-state index contributed by atoms with van der Waals surface area (Å²) in [7, 11) is 0. The van der Waals surface area contributed by atoms with E-state index in [1.54, 1.807) is 0 Å². The average molecular weight is 169 g/mol. The molecule has 1 atom stereocenters. The lowest BCUT2D eigenvalue weighted by Gasteiger charge is -2.32. The van der Waals surface area contributed by atoms with Crippen molar-refractivity contribution in [3.05, 3.63) is 0 Å². The molecule has 0 aromatic heterocycles. The quantitative estimate of drug-likeness (QED) is 0.682. The van der Waals surface area contributed by atoms with Crippen molar-refractivity contribution in [3.63, 3.8) is 0 Å². The standard InChI is InChI=1S/C11H23N/c1-4-6-11(7-5-2)8-9-12-10(11)3/h10,12H,4-9H2,1-3H3. The first-order valence-electron chi connectivity index (χ1n) is 5.48. The molecule has 0 saturated carbocycles. The first-order valence-corrected chi connectivity index (χ1v) is 5.48. The van der Waals surface area contributed by atoms with Crippen molar-refractivity contribution >= 4 is 0 Å². The van der Waals surface area contributed by atoms with Crippen LogP contribution in [0.25, 0.3) is 0 Å². The predicted octanol–water partition coefficient (Wildman–Crippen LogP) is 2.95. The average Bonchev–Trinajstić information content (AvgIpc) is 2.35. The Morgan fingerprint density at radius 1 is 1.25 bits per heavy atom. The second kappa shape index (κ2) is 4.27. The molecule has 72 valence electrons. The topological polar surface area (TPSA) is 12.0 Å². The number of hydrogen-bond acceptors (Lipinski definition) is 1. The molecule has 1 aliphatic rings. The fraction of sp³-hybridized carbons (Fsp3) is 1.00. The normalized spacial score (nSPS) is 27.8. The molecule has 1 fully saturated rings. The van der Waals surface area contributed by atoms with Gasteiger partial charge in [-0.25, -0.2) is 0 Å². The highest BCUT2D eigenvalue weighted by Crippen LogP contribution is 2.40. The Hall–Kier alpha value is -0.0400. The Bertz CT molecular complexity index is 125. The predicted molar refractivity (Wildman–Crippen MR) is 54.3 cm³/mol. The zero-order valence-electron chi connectivity index (χ0n) is 8.82. The van der Waals surface area contributed by atoms with E-state index in [4.69, 9.17) is 0 Å². The molecule has 1 heterocycles. The van der Waals surface area contributed by atoms with Crippen LogP contribution in [-0.4, -0.2) is 12.6 Å². The van der Waals surface area contributed by atoms with Crippen LogP contribution in [0.2, 0.25) is 0 Å². The van der Waals surface area contributed by atoms with Gasteiger partial charge in [0.05, 0.1) is 0 Å². The molecule has 1 aliphatic heterocycles. The van der Waals surface area contributed by atoms with Gasteiger partial charge < -0.3 is 5.32 Å². The fourth-order valence-corrected chi connectivity index (χ4v) is 2.77. The van der Waals surface area contributed by atoms with Gasteiger partial charge in [-0.1, -0.05) is 26.7 Å². The van der Waals surface area contributed by atoms with E-state index in [1.807, 2.05) is 0 Å². The van der Waals surface area contributed by atoms with Crippen LogP contribution < -0.4 is 5.32 Å². The third-order valence-electron chi connectivity index (χ3n) is 3.49. The van der Waals surface area contributed by atoms with Gasteiger partial charge in [0, 0.05) is 6.04 Å². The minimum atomic E-state index is 0.642. The summed E-state index contributed by atoms with van der Waals surface area (Å²) in [5.41, 5.74) is 0.642. The van der Waals surface area contributed by atoms with Crippen LogP contribution >= 0.6 is 0 Å². The van der Waals surface area contributed by atoms with E-state index in [0.29, 0.717) is 5.41 Å². The van der Waals surface area contributed by atoms with Gasteiger partial charge in [0.15, 0.2) is 0 Å². The van der Waals surface area contributed by atoms with Crippen molar-refractivity contribution in [1.29, 1.82) is 0 Å². The van der Waals surface area contributed by atoms with Gasteiger partial charge >= 0.3 is 0 Å². The van der Waals surface area contributed by atoms with Crippen LogP contribution in [0.1, 0.15) is 52.9 Å². The fourth-order valence-electron chi connectivity index (χ4n) is 2.77. The zero-order chi connectivity index (χ0) is 9.03. The SMILES string of the molecule is CCCC1(CCC)CCNC1C. The molecule has 0 spiro atoms. The molecule has 0 aliphatic carbocycles. The largest absolute Gasteiger partial charge is 0.314 e. The Balaban J connectivity index is 2.57. The lowest BCUT2D eigenvalue weighted by molar-refractivity contribution is 0.213. The molecule has 0 amide bonds. The maximum Gasteiger partial charge on any atom is 0.00956 e. The van der Waals surface area contributed by atoms with Crippen molar-refractivity contribution in [3.8, 4) is 0 Å². The van der Waals surface area contributed by atoms with Crippen molar-refractivity contribution in [2.45, 2.75) is 58.9 Å². The third-order valence-corrected chi connectivity index (χ3v) is 3.49. The summed E-state index contributed by atoms with van der Waals surface area (Å²) in [6.07, 6.45) is 6.90. The van der Waals surface area contributed by atoms with Gasteiger partial charge in [0.25, 0.3) is 0 Å². The molecule has 1 N–H and O–H groups in total. The van der Waals surface area contributed by atoms with Crippen LogP contribution in [0, 0.1) is 5.41 Å². The molecule has 0 bridgehead atoms. The summed E-state index contributed by atoms with van der Waals surface area (Å²) in [5, 5.41) is 3.58. The summed E-state index contributed by atoms with van der Waals surface area (Å²) in [4.78, 5) is 0. The van der Waals surface area contributed by atoms with E-state index in [0.717, 1.165) is 6.04 Å². The maximum absolute atomic E-state index is 3.58. The molecule has 1 saturated heterocycles. The molecule has 12 heavy (non-hydrogen) atoms. The van der Waals surface area contributed by atoms with Crippen LogP contribution in [0.4, 0.5) is 0 Å². The Morgan fingerprint density at radius 2 is 1.83 bits per heavy atom. The summed E-state index contributed by atoms with van der Waals surface area (Å²) in [6.45, 7) is 8.21. The van der Waals surface area contributed by atoms with Crippen molar-refractivity contribution in [1.82, 2.24) is 5.32 Å². The highest BCUT2D eigenvalue weighted by atomic mass is 15.0. The van der Waals surface area contributed by atoms with Gasteiger partial charge in [0.1, 0.15) is 0 Å². The van der Waals surface area contributed by atoms with Gasteiger partial charge in [-0.15, -0.1) is 0 Å². The third kappa shape index (κ3) is 1.82. The first kappa shape index (κ1) is 10.0. The molecule has 1 rings (SSSR count). The van der Waals surface area contributed by atoms with Crippen molar-refractivity contribution < 1.29 is 0 Å². The van der Waals surface area contributed by atoms with Gasteiger partial charge in [-0.05, 0) is 38.1 Å². The molecule has 1 nitrogen and oxygen atoms in total. The molecule has 1 unspecified atom stereocenters. The van der Waals surface area contributed by atoms with E-state index in [9.17, 15) is 0 Å². The molecule has 0 aromatic rings. The number of rotatable bonds is 4. The molecular weight excluding hydrogens is 146 g/mol. The van der Waals surface area contributed by atoms with Gasteiger partial charge in [-0.3, -0.25) is 0 Å². The highest BCUT2D eigenvalue weighted by molar-refractivity contribution is 4.93. The second-order valence-corrected chi connectivity index (χ2v) is 4.29. The van der Waals surface area contributed by atoms with Crippen LogP contribution in [0.5, 0.6) is 0 Å². The minimum Gasteiger partial charge on any atom is -0.314 e. The van der Waals surface area contributed by atoms with E-state index in [1.165, 1.54) is 38.6 Å². The molecule has 0 radical (unpaired) electrons. The summed E-state index contributed by atoms with van der Waals surface area (Å²) < 4.78 is 0. The highest BCUT2D eigenvalue weighted by Gasteiger charge is 2.37. The Kier molecular flexibility index (Phi) is 3.57. The Labute approximate surface area is 76.9 Å². The first-order chi connectivity index (χ1) is 5.75. The molecular formula is C11H23N. The zero-order valence-corrected chi connectivity index (χ0v) is 8.82. The maximum atomic E-state index is 3.58. The van der Waals surface area contributed by atoms with Crippen LogP contribution in [0.3, 0.4) is 0 Å².